The van der Waals surface area contributed by atoms with Gasteiger partial charge in [0.25, 0.3) is 5.91 Å². The van der Waals surface area contributed by atoms with Gasteiger partial charge >= 0.3 is 0 Å². The molecule has 142 valence electrons. The number of carbonyl (C=O) groups excluding carboxylic acids is 1. The highest BCUT2D eigenvalue weighted by Gasteiger charge is 2.22. The molecule has 1 aromatic heterocycles. The monoisotopic (exact) mass is 372 g/mol. The van der Waals surface area contributed by atoms with E-state index >= 15 is 0 Å². The minimum atomic E-state index is 0.0541. The number of carbonyl (C=O) groups is 1. The van der Waals surface area contributed by atoms with E-state index in [0.717, 1.165) is 43.6 Å². The van der Waals surface area contributed by atoms with Crippen LogP contribution in [0.5, 0.6) is 5.75 Å². The van der Waals surface area contributed by atoms with Crippen LogP contribution in [-0.2, 0) is 0 Å². The number of phenols is 1. The number of hydrogen-bond acceptors (Lipinski definition) is 3. The molecule has 0 radical (unpaired) electrons. The summed E-state index contributed by atoms with van der Waals surface area (Å²) >= 11 is 0. The van der Waals surface area contributed by atoms with E-state index in [1.165, 1.54) is 5.56 Å². The molecule has 2 aromatic carbocycles. The zero-order valence-electron chi connectivity index (χ0n) is 15.8. The van der Waals surface area contributed by atoms with E-state index in [2.05, 4.69) is 29.2 Å². The molecule has 4 heteroatoms. The Labute approximate surface area is 165 Å². The van der Waals surface area contributed by atoms with Gasteiger partial charge in [-0.15, -0.1) is 0 Å². The molecule has 0 aliphatic carbocycles. The highest BCUT2D eigenvalue weighted by molar-refractivity contribution is 5.94. The third-order valence-corrected chi connectivity index (χ3v) is 5.46. The van der Waals surface area contributed by atoms with Gasteiger partial charge in [0.05, 0.1) is 11.3 Å². The van der Waals surface area contributed by atoms with Crippen LogP contribution in [0, 0.1) is 0 Å². The fraction of sp³-hybridized carbons (Fsp3) is 0.250. The van der Waals surface area contributed by atoms with E-state index in [9.17, 15) is 9.90 Å². The average Bonchev–Trinajstić information content (AvgIpc) is 3.01. The standard InChI is InChI=1S/C24H24N2O2/c27-22-11-8-20(9-12-22)23-13-10-21(17-25-23)24(28)26-15-4-7-19(14-16-26)18-5-2-1-3-6-18/h1-3,5-6,8-13,17,19,27H,4,7,14-16H2/t19-/m1/s1. The van der Waals surface area contributed by atoms with Crippen molar-refractivity contribution in [2.24, 2.45) is 0 Å². The van der Waals surface area contributed by atoms with Gasteiger partial charge in [0, 0.05) is 24.8 Å². The lowest BCUT2D eigenvalue weighted by Gasteiger charge is -2.21. The van der Waals surface area contributed by atoms with E-state index in [0.29, 0.717) is 11.5 Å². The second-order valence-corrected chi connectivity index (χ2v) is 7.31. The first-order chi connectivity index (χ1) is 13.7. The molecule has 1 aliphatic rings. The zero-order valence-corrected chi connectivity index (χ0v) is 15.8. The molecular formula is C24H24N2O2. The van der Waals surface area contributed by atoms with Crippen molar-refractivity contribution in [3.63, 3.8) is 0 Å². The Morgan fingerprint density at radius 3 is 2.43 bits per heavy atom. The normalized spacial score (nSPS) is 17.1. The first kappa shape index (κ1) is 18.2. The van der Waals surface area contributed by atoms with Gasteiger partial charge in [-0.05, 0) is 67.1 Å². The Morgan fingerprint density at radius 1 is 0.929 bits per heavy atom. The average molecular weight is 372 g/mol. The summed E-state index contributed by atoms with van der Waals surface area (Å²) in [4.78, 5) is 19.4. The molecule has 0 spiro atoms. The maximum absolute atomic E-state index is 12.9. The largest absolute Gasteiger partial charge is 0.508 e. The smallest absolute Gasteiger partial charge is 0.255 e. The Kier molecular flexibility index (Phi) is 5.38. The van der Waals surface area contributed by atoms with Gasteiger partial charge in [0.1, 0.15) is 5.75 Å². The Balaban J connectivity index is 1.43. The van der Waals surface area contributed by atoms with Gasteiger partial charge in [-0.1, -0.05) is 30.3 Å². The fourth-order valence-electron chi connectivity index (χ4n) is 3.86. The van der Waals surface area contributed by atoms with Gasteiger partial charge in [-0.3, -0.25) is 9.78 Å². The van der Waals surface area contributed by atoms with Crippen molar-refractivity contribution >= 4 is 5.91 Å². The molecule has 3 aromatic rings. The minimum absolute atomic E-state index is 0.0541. The third kappa shape index (κ3) is 4.06. The summed E-state index contributed by atoms with van der Waals surface area (Å²) in [6.45, 7) is 1.57. The zero-order chi connectivity index (χ0) is 19.3. The molecule has 4 nitrogen and oxygen atoms in total. The van der Waals surface area contributed by atoms with Crippen LogP contribution < -0.4 is 0 Å². The van der Waals surface area contributed by atoms with Crippen LogP contribution in [0.25, 0.3) is 11.3 Å². The molecule has 28 heavy (non-hydrogen) atoms. The summed E-state index contributed by atoms with van der Waals surface area (Å²) in [5.41, 5.74) is 3.70. The molecule has 1 atom stereocenters. The van der Waals surface area contributed by atoms with Crippen molar-refractivity contribution < 1.29 is 9.90 Å². The molecule has 1 fully saturated rings. The van der Waals surface area contributed by atoms with Gasteiger partial charge in [0.2, 0.25) is 0 Å². The van der Waals surface area contributed by atoms with E-state index in [1.54, 1.807) is 18.3 Å². The summed E-state index contributed by atoms with van der Waals surface area (Å²) in [5, 5.41) is 9.41. The maximum Gasteiger partial charge on any atom is 0.255 e. The molecule has 0 saturated carbocycles. The first-order valence-electron chi connectivity index (χ1n) is 9.80. The number of hydrogen-bond donors (Lipinski definition) is 1. The topological polar surface area (TPSA) is 53.4 Å². The number of aromatic nitrogens is 1. The van der Waals surface area contributed by atoms with Gasteiger partial charge in [-0.2, -0.15) is 0 Å². The van der Waals surface area contributed by atoms with Crippen molar-refractivity contribution in [3.05, 3.63) is 84.1 Å². The van der Waals surface area contributed by atoms with Crippen molar-refractivity contribution in [2.45, 2.75) is 25.2 Å². The van der Waals surface area contributed by atoms with E-state index in [1.807, 2.05) is 35.2 Å². The van der Waals surface area contributed by atoms with Crippen LogP contribution in [0.15, 0.2) is 72.9 Å². The van der Waals surface area contributed by atoms with Crippen LogP contribution in [0.4, 0.5) is 0 Å². The summed E-state index contributed by atoms with van der Waals surface area (Å²) < 4.78 is 0. The quantitative estimate of drug-likeness (QED) is 0.714. The van der Waals surface area contributed by atoms with Crippen LogP contribution in [0.2, 0.25) is 0 Å². The molecule has 1 aliphatic heterocycles. The van der Waals surface area contributed by atoms with Crippen molar-refractivity contribution in [3.8, 4) is 17.0 Å². The Bertz CT molecular complexity index is 921. The van der Waals surface area contributed by atoms with Crippen LogP contribution in [-0.4, -0.2) is 34.0 Å². The predicted molar refractivity (Wildman–Crippen MR) is 110 cm³/mol. The van der Waals surface area contributed by atoms with Gasteiger partial charge in [0.15, 0.2) is 0 Å². The second kappa shape index (κ2) is 8.26. The molecule has 1 amide bonds. The minimum Gasteiger partial charge on any atom is -0.508 e. The number of rotatable bonds is 3. The summed E-state index contributed by atoms with van der Waals surface area (Å²) in [7, 11) is 0. The molecule has 0 unspecified atom stereocenters. The lowest BCUT2D eigenvalue weighted by molar-refractivity contribution is 0.0760. The van der Waals surface area contributed by atoms with Crippen molar-refractivity contribution in [1.29, 1.82) is 0 Å². The molecule has 4 rings (SSSR count). The first-order valence-corrected chi connectivity index (χ1v) is 9.80. The van der Waals surface area contributed by atoms with Crippen LogP contribution in [0.1, 0.15) is 41.1 Å². The summed E-state index contributed by atoms with van der Waals surface area (Å²) in [5.74, 6) is 0.804. The molecule has 1 N–H and O–H groups in total. The lowest BCUT2D eigenvalue weighted by Crippen LogP contribution is -2.32. The predicted octanol–water partition coefficient (Wildman–Crippen LogP) is 4.86. The Morgan fingerprint density at radius 2 is 1.71 bits per heavy atom. The van der Waals surface area contributed by atoms with E-state index in [-0.39, 0.29) is 11.7 Å². The third-order valence-electron chi connectivity index (χ3n) is 5.46. The molecular weight excluding hydrogens is 348 g/mol. The van der Waals surface area contributed by atoms with Crippen molar-refractivity contribution in [2.75, 3.05) is 13.1 Å². The van der Waals surface area contributed by atoms with Crippen LogP contribution in [0.3, 0.4) is 0 Å². The second-order valence-electron chi connectivity index (χ2n) is 7.31. The number of nitrogens with zero attached hydrogens (tertiary/aromatic N) is 2. The number of likely N-dealkylation sites (tertiary alicyclic amines) is 1. The maximum atomic E-state index is 12.9. The van der Waals surface area contributed by atoms with Gasteiger partial charge in [-0.25, -0.2) is 0 Å². The lowest BCUT2D eigenvalue weighted by atomic mass is 9.92. The van der Waals surface area contributed by atoms with Crippen molar-refractivity contribution in [1.82, 2.24) is 9.88 Å². The molecule has 1 saturated heterocycles. The SMILES string of the molecule is O=C(c1ccc(-c2ccc(O)cc2)nc1)N1CCC[C@@H](c2ccccc2)CC1. The van der Waals surface area contributed by atoms with Gasteiger partial charge < -0.3 is 10.0 Å². The number of phenolic OH excluding ortho intramolecular Hbond substituents is 1. The Hall–Kier alpha value is -3.14. The number of aromatic hydroxyl groups is 1. The van der Waals surface area contributed by atoms with E-state index in [4.69, 9.17) is 0 Å². The molecule has 0 bridgehead atoms. The van der Waals surface area contributed by atoms with Crippen LogP contribution >= 0.6 is 0 Å². The molecule has 2 heterocycles. The number of pyridine rings is 1. The number of amides is 1. The highest BCUT2D eigenvalue weighted by atomic mass is 16.3. The number of benzene rings is 2. The summed E-state index contributed by atoms with van der Waals surface area (Å²) in [6.07, 6.45) is 4.79. The highest BCUT2D eigenvalue weighted by Crippen LogP contribution is 2.28. The van der Waals surface area contributed by atoms with E-state index < -0.39 is 0 Å². The fourth-order valence-corrected chi connectivity index (χ4v) is 3.86. The summed E-state index contributed by atoms with van der Waals surface area (Å²) in [6, 6.07) is 21.2.